The van der Waals surface area contributed by atoms with Crippen molar-refractivity contribution >= 4 is 38.9 Å². The van der Waals surface area contributed by atoms with E-state index < -0.39 is 22.5 Å². The highest BCUT2D eigenvalue weighted by Gasteiger charge is 2.20. The Morgan fingerprint density at radius 3 is 2.33 bits per heavy atom. The number of sulfonamides is 1. The highest BCUT2D eigenvalue weighted by Crippen LogP contribution is 2.21. The Morgan fingerprint density at radius 1 is 1.10 bits per heavy atom. The molecule has 30 heavy (non-hydrogen) atoms. The van der Waals surface area contributed by atoms with E-state index in [-0.39, 0.29) is 5.91 Å². The first-order valence-electron chi connectivity index (χ1n) is 8.93. The number of nitrogens with one attached hydrogen (secondary N) is 2. The zero-order valence-corrected chi connectivity index (χ0v) is 18.0. The molecule has 0 heterocycles. The van der Waals surface area contributed by atoms with Gasteiger partial charge in [-0.1, -0.05) is 12.1 Å². The maximum Gasteiger partial charge on any atom is 0.260 e. The predicted molar refractivity (Wildman–Crippen MR) is 116 cm³/mol. The van der Waals surface area contributed by atoms with Crippen LogP contribution in [0.5, 0.6) is 5.75 Å². The molecular formula is C20H24N4O5S. The number of carbonyl (C=O) groups is 2. The molecular weight excluding hydrogens is 408 g/mol. The van der Waals surface area contributed by atoms with E-state index in [1.165, 1.54) is 14.0 Å². The van der Waals surface area contributed by atoms with Crippen LogP contribution in [0, 0.1) is 0 Å². The Hall–Kier alpha value is -3.40. The number of nitrogens with zero attached hydrogens (tertiary/aromatic N) is 2. The Balaban J connectivity index is 2.12. The SMILES string of the molecule is COc1ccc(N(CC(=O)N/N=C(/C)c2cccc(NC(C)=O)c2)S(C)(=O)=O)cc1. The number of ether oxygens (including phenoxy) is 1. The smallest absolute Gasteiger partial charge is 0.260 e. The minimum atomic E-state index is -3.70. The van der Waals surface area contributed by atoms with Gasteiger partial charge in [0.25, 0.3) is 5.91 Å². The van der Waals surface area contributed by atoms with Crippen molar-refractivity contribution in [1.29, 1.82) is 0 Å². The van der Waals surface area contributed by atoms with E-state index in [2.05, 4.69) is 15.8 Å². The number of hydrogen-bond donors (Lipinski definition) is 2. The van der Waals surface area contributed by atoms with E-state index in [0.29, 0.717) is 28.4 Å². The minimum Gasteiger partial charge on any atom is -0.497 e. The van der Waals surface area contributed by atoms with E-state index in [9.17, 15) is 18.0 Å². The van der Waals surface area contributed by atoms with Crippen molar-refractivity contribution in [3.05, 3.63) is 54.1 Å². The lowest BCUT2D eigenvalue weighted by Gasteiger charge is -2.21. The van der Waals surface area contributed by atoms with Crippen molar-refractivity contribution < 1.29 is 22.7 Å². The molecule has 0 fully saturated rings. The molecule has 0 aromatic heterocycles. The van der Waals surface area contributed by atoms with Gasteiger partial charge in [-0.25, -0.2) is 13.8 Å². The average molecular weight is 433 g/mol. The van der Waals surface area contributed by atoms with Crippen LogP contribution in [0.2, 0.25) is 0 Å². The van der Waals surface area contributed by atoms with Crippen LogP contribution in [0.15, 0.2) is 53.6 Å². The summed E-state index contributed by atoms with van der Waals surface area (Å²) >= 11 is 0. The molecule has 9 nitrogen and oxygen atoms in total. The maximum absolute atomic E-state index is 12.3. The van der Waals surface area contributed by atoms with Crippen molar-refractivity contribution in [1.82, 2.24) is 5.43 Å². The van der Waals surface area contributed by atoms with Crippen LogP contribution in [0.3, 0.4) is 0 Å². The van der Waals surface area contributed by atoms with Crippen molar-refractivity contribution in [2.75, 3.05) is 29.5 Å². The molecule has 10 heteroatoms. The highest BCUT2D eigenvalue weighted by atomic mass is 32.2. The quantitative estimate of drug-likeness (QED) is 0.488. The summed E-state index contributed by atoms with van der Waals surface area (Å²) in [5.74, 6) is -0.235. The molecule has 2 aromatic carbocycles. The van der Waals surface area contributed by atoms with Gasteiger partial charge in [0.05, 0.1) is 24.8 Å². The summed E-state index contributed by atoms with van der Waals surface area (Å²) in [7, 11) is -2.19. The molecule has 0 radical (unpaired) electrons. The third kappa shape index (κ3) is 6.59. The fraction of sp³-hybridized carbons (Fsp3) is 0.250. The molecule has 0 aliphatic carbocycles. The Labute approximate surface area is 175 Å². The normalized spacial score (nSPS) is 11.5. The molecule has 160 valence electrons. The molecule has 2 aromatic rings. The minimum absolute atomic E-state index is 0.200. The second-order valence-electron chi connectivity index (χ2n) is 6.46. The highest BCUT2D eigenvalue weighted by molar-refractivity contribution is 7.92. The van der Waals surface area contributed by atoms with Crippen molar-refractivity contribution in [3.8, 4) is 5.75 Å². The van der Waals surface area contributed by atoms with Crippen LogP contribution in [0.25, 0.3) is 0 Å². The van der Waals surface area contributed by atoms with Gasteiger partial charge < -0.3 is 10.1 Å². The Morgan fingerprint density at radius 2 is 1.77 bits per heavy atom. The van der Waals surface area contributed by atoms with Crippen LogP contribution in [0.4, 0.5) is 11.4 Å². The number of hydrazone groups is 1. The van der Waals surface area contributed by atoms with Gasteiger partial charge in [-0.3, -0.25) is 13.9 Å². The summed E-state index contributed by atoms with van der Waals surface area (Å²) < 4.78 is 30.3. The zero-order valence-electron chi connectivity index (χ0n) is 17.2. The lowest BCUT2D eigenvalue weighted by Crippen LogP contribution is -2.39. The number of benzene rings is 2. The molecule has 2 N–H and O–H groups in total. The average Bonchev–Trinajstić information content (AvgIpc) is 2.69. The summed E-state index contributed by atoms with van der Waals surface area (Å²) in [5.41, 5.74) is 4.48. The second kappa shape index (κ2) is 9.88. The van der Waals surface area contributed by atoms with Crippen LogP contribution >= 0.6 is 0 Å². The van der Waals surface area contributed by atoms with E-state index in [4.69, 9.17) is 4.74 Å². The lowest BCUT2D eigenvalue weighted by atomic mass is 10.1. The van der Waals surface area contributed by atoms with Crippen molar-refractivity contribution in [2.24, 2.45) is 5.10 Å². The summed E-state index contributed by atoms with van der Waals surface area (Å²) in [4.78, 5) is 23.5. The number of carbonyl (C=O) groups excluding carboxylic acids is 2. The van der Waals surface area contributed by atoms with Crippen molar-refractivity contribution in [2.45, 2.75) is 13.8 Å². The van der Waals surface area contributed by atoms with Crippen LogP contribution in [-0.4, -0.2) is 45.9 Å². The standard InChI is InChI=1S/C20H24N4O5S/c1-14(16-6-5-7-17(12-16)21-15(2)25)22-23-20(26)13-24(30(4,27)28)18-8-10-19(29-3)11-9-18/h5-12H,13H2,1-4H3,(H,21,25)(H,23,26)/b22-14-. The van der Waals surface area contributed by atoms with Gasteiger partial charge in [-0.15, -0.1) is 0 Å². The molecule has 0 bridgehead atoms. The number of hydrogen-bond acceptors (Lipinski definition) is 6. The van der Waals surface area contributed by atoms with Gasteiger partial charge in [-0.2, -0.15) is 5.10 Å². The zero-order chi connectivity index (χ0) is 22.3. The maximum atomic E-state index is 12.3. The summed E-state index contributed by atoms with van der Waals surface area (Å²) in [6.07, 6.45) is 1.02. The number of anilines is 2. The lowest BCUT2D eigenvalue weighted by molar-refractivity contribution is -0.119. The first kappa shape index (κ1) is 22.9. The first-order chi connectivity index (χ1) is 14.1. The molecule has 0 atom stereocenters. The third-order valence-corrected chi connectivity index (χ3v) is 5.14. The van der Waals surface area contributed by atoms with Gasteiger partial charge in [-0.05, 0) is 48.9 Å². The van der Waals surface area contributed by atoms with Gasteiger partial charge in [0.1, 0.15) is 12.3 Å². The number of amides is 2. The van der Waals surface area contributed by atoms with Crippen LogP contribution < -0.4 is 19.8 Å². The molecule has 2 rings (SSSR count). The monoisotopic (exact) mass is 432 g/mol. The topological polar surface area (TPSA) is 117 Å². The first-order valence-corrected chi connectivity index (χ1v) is 10.8. The molecule has 0 spiro atoms. The van der Waals surface area contributed by atoms with E-state index in [1.807, 2.05) is 0 Å². The van der Waals surface area contributed by atoms with Gasteiger partial charge >= 0.3 is 0 Å². The Bertz CT molecular complexity index is 1050. The van der Waals surface area contributed by atoms with Crippen molar-refractivity contribution in [3.63, 3.8) is 0 Å². The number of rotatable bonds is 8. The van der Waals surface area contributed by atoms with E-state index in [0.717, 1.165) is 10.6 Å². The molecule has 0 aliphatic heterocycles. The fourth-order valence-corrected chi connectivity index (χ4v) is 3.41. The van der Waals surface area contributed by atoms with E-state index in [1.54, 1.807) is 55.5 Å². The summed E-state index contributed by atoms with van der Waals surface area (Å²) in [6, 6.07) is 13.3. The molecule has 0 saturated heterocycles. The van der Waals surface area contributed by atoms with Crippen LogP contribution in [0.1, 0.15) is 19.4 Å². The predicted octanol–water partition coefficient (Wildman–Crippen LogP) is 1.96. The molecule has 0 unspecified atom stereocenters. The van der Waals surface area contributed by atoms with E-state index >= 15 is 0 Å². The molecule has 0 saturated carbocycles. The largest absolute Gasteiger partial charge is 0.497 e. The summed E-state index contributed by atoms with van der Waals surface area (Å²) in [5, 5.41) is 6.70. The molecule has 0 aliphatic rings. The Kier molecular flexibility index (Phi) is 7.54. The summed E-state index contributed by atoms with van der Waals surface area (Å²) in [6.45, 7) is 2.66. The van der Waals surface area contributed by atoms with Crippen LogP contribution in [-0.2, 0) is 19.6 Å². The van der Waals surface area contributed by atoms with Gasteiger partial charge in [0, 0.05) is 12.6 Å². The number of methoxy groups -OCH3 is 1. The second-order valence-corrected chi connectivity index (χ2v) is 8.37. The molecule has 2 amide bonds. The third-order valence-electron chi connectivity index (χ3n) is 4.00. The fourth-order valence-electron chi connectivity index (χ4n) is 2.55. The van der Waals surface area contributed by atoms with Gasteiger partial charge in [0.15, 0.2) is 0 Å². The van der Waals surface area contributed by atoms with Gasteiger partial charge in [0.2, 0.25) is 15.9 Å².